The monoisotopic (exact) mass is 234 g/mol. The third kappa shape index (κ3) is 3.20. The zero-order valence-corrected chi connectivity index (χ0v) is 10.0. The van der Waals surface area contributed by atoms with Crippen molar-refractivity contribution in [1.82, 2.24) is 0 Å². The van der Waals surface area contributed by atoms with Crippen molar-refractivity contribution >= 4 is 11.6 Å². The Balaban J connectivity index is 1.99. The summed E-state index contributed by atoms with van der Waals surface area (Å²) < 4.78 is 5.62. The van der Waals surface area contributed by atoms with Crippen molar-refractivity contribution in [2.75, 3.05) is 11.9 Å². The first-order chi connectivity index (χ1) is 8.15. The van der Waals surface area contributed by atoms with E-state index in [2.05, 4.69) is 5.32 Å². The van der Waals surface area contributed by atoms with Gasteiger partial charge in [0.2, 0.25) is 5.91 Å². The van der Waals surface area contributed by atoms with Gasteiger partial charge in [0.05, 0.1) is 6.61 Å². The summed E-state index contributed by atoms with van der Waals surface area (Å²) in [4.78, 5) is 11.2. The number of amides is 1. The molecule has 0 bridgehead atoms. The molecule has 0 saturated heterocycles. The highest BCUT2D eigenvalue weighted by Gasteiger charge is 2.14. The van der Waals surface area contributed by atoms with Crippen molar-refractivity contribution < 1.29 is 9.53 Å². The van der Waals surface area contributed by atoms with Gasteiger partial charge in [-0.25, -0.2) is 0 Å². The van der Waals surface area contributed by atoms with E-state index in [1.165, 1.54) is 0 Å². The Morgan fingerprint density at radius 2 is 2.29 bits per heavy atom. The Kier molecular flexibility index (Phi) is 3.64. The smallest absolute Gasteiger partial charge is 0.224 e. The standard InChI is InChI=1S/C13H18N2O2/c1-9(14)6-7-17-11-3-4-12-10(8-11)2-5-13(16)15-12/h3-4,8-9H,2,5-7,14H2,1H3,(H,15,16). The second-order valence-corrected chi connectivity index (χ2v) is 4.48. The number of benzene rings is 1. The molecule has 0 aliphatic carbocycles. The fourth-order valence-electron chi connectivity index (χ4n) is 1.81. The second-order valence-electron chi connectivity index (χ2n) is 4.48. The van der Waals surface area contributed by atoms with Gasteiger partial charge in [0.25, 0.3) is 0 Å². The molecule has 1 heterocycles. The van der Waals surface area contributed by atoms with E-state index >= 15 is 0 Å². The molecule has 1 amide bonds. The van der Waals surface area contributed by atoms with Crippen LogP contribution in [0.1, 0.15) is 25.3 Å². The van der Waals surface area contributed by atoms with Crippen LogP contribution in [0, 0.1) is 0 Å². The summed E-state index contributed by atoms with van der Waals surface area (Å²) in [6.07, 6.45) is 2.18. The van der Waals surface area contributed by atoms with E-state index in [0.29, 0.717) is 13.0 Å². The van der Waals surface area contributed by atoms with Crippen LogP contribution in [0.15, 0.2) is 18.2 Å². The molecule has 4 heteroatoms. The van der Waals surface area contributed by atoms with Crippen LogP contribution in [-0.4, -0.2) is 18.6 Å². The number of fused-ring (bicyclic) bond motifs is 1. The van der Waals surface area contributed by atoms with Crippen LogP contribution in [0.25, 0.3) is 0 Å². The van der Waals surface area contributed by atoms with Crippen molar-refractivity contribution in [2.45, 2.75) is 32.2 Å². The lowest BCUT2D eigenvalue weighted by atomic mass is 10.0. The largest absolute Gasteiger partial charge is 0.494 e. The fourth-order valence-corrected chi connectivity index (χ4v) is 1.81. The first-order valence-corrected chi connectivity index (χ1v) is 5.96. The molecule has 4 nitrogen and oxygen atoms in total. The van der Waals surface area contributed by atoms with E-state index in [1.54, 1.807) is 0 Å². The summed E-state index contributed by atoms with van der Waals surface area (Å²) in [5.41, 5.74) is 7.70. The molecule has 3 N–H and O–H groups in total. The van der Waals surface area contributed by atoms with Gasteiger partial charge in [-0.15, -0.1) is 0 Å². The number of anilines is 1. The van der Waals surface area contributed by atoms with Gasteiger partial charge in [0, 0.05) is 18.2 Å². The predicted molar refractivity (Wildman–Crippen MR) is 67.2 cm³/mol. The van der Waals surface area contributed by atoms with Gasteiger partial charge < -0.3 is 15.8 Å². The summed E-state index contributed by atoms with van der Waals surface area (Å²) in [5, 5.41) is 2.85. The number of rotatable bonds is 4. The Labute approximate surface area is 101 Å². The highest BCUT2D eigenvalue weighted by molar-refractivity contribution is 5.93. The Morgan fingerprint density at radius 1 is 1.47 bits per heavy atom. The minimum absolute atomic E-state index is 0.0862. The zero-order valence-electron chi connectivity index (χ0n) is 10.0. The van der Waals surface area contributed by atoms with Crippen LogP contribution in [0.2, 0.25) is 0 Å². The van der Waals surface area contributed by atoms with Crippen molar-refractivity contribution in [3.05, 3.63) is 23.8 Å². The highest BCUT2D eigenvalue weighted by Crippen LogP contribution is 2.26. The molecule has 1 aromatic carbocycles. The number of carbonyl (C=O) groups is 1. The molecule has 1 aliphatic rings. The third-order valence-corrected chi connectivity index (χ3v) is 2.81. The van der Waals surface area contributed by atoms with Crippen LogP contribution in [0.5, 0.6) is 5.75 Å². The first kappa shape index (κ1) is 11.9. The van der Waals surface area contributed by atoms with Gasteiger partial charge >= 0.3 is 0 Å². The van der Waals surface area contributed by atoms with E-state index in [1.807, 2.05) is 25.1 Å². The predicted octanol–water partition coefficient (Wildman–Crippen LogP) is 1.69. The molecule has 0 radical (unpaired) electrons. The molecular weight excluding hydrogens is 216 g/mol. The van der Waals surface area contributed by atoms with E-state index in [-0.39, 0.29) is 11.9 Å². The third-order valence-electron chi connectivity index (χ3n) is 2.81. The maximum Gasteiger partial charge on any atom is 0.224 e. The highest BCUT2D eigenvalue weighted by atomic mass is 16.5. The Bertz CT molecular complexity index is 416. The molecule has 2 rings (SSSR count). The summed E-state index contributed by atoms with van der Waals surface area (Å²) >= 11 is 0. The van der Waals surface area contributed by atoms with E-state index in [0.717, 1.165) is 29.8 Å². The average molecular weight is 234 g/mol. The Morgan fingerprint density at radius 3 is 3.06 bits per heavy atom. The quantitative estimate of drug-likeness (QED) is 0.833. The maximum atomic E-state index is 11.2. The van der Waals surface area contributed by atoms with Gasteiger partial charge in [-0.2, -0.15) is 0 Å². The van der Waals surface area contributed by atoms with E-state index < -0.39 is 0 Å². The van der Waals surface area contributed by atoms with Crippen molar-refractivity contribution in [3.63, 3.8) is 0 Å². The molecule has 1 aromatic rings. The van der Waals surface area contributed by atoms with Crippen LogP contribution in [-0.2, 0) is 11.2 Å². The Hall–Kier alpha value is -1.55. The zero-order chi connectivity index (χ0) is 12.3. The lowest BCUT2D eigenvalue weighted by Gasteiger charge is -2.17. The number of carbonyl (C=O) groups excluding carboxylic acids is 1. The molecule has 0 aromatic heterocycles. The summed E-state index contributed by atoms with van der Waals surface area (Å²) in [6, 6.07) is 5.93. The minimum atomic E-state index is 0.0862. The summed E-state index contributed by atoms with van der Waals surface area (Å²) in [7, 11) is 0. The minimum Gasteiger partial charge on any atom is -0.494 e. The topological polar surface area (TPSA) is 64.3 Å². The first-order valence-electron chi connectivity index (χ1n) is 5.96. The van der Waals surface area contributed by atoms with Crippen LogP contribution in [0.3, 0.4) is 0 Å². The normalized spacial score (nSPS) is 16.0. The van der Waals surface area contributed by atoms with Gasteiger partial charge in [-0.3, -0.25) is 4.79 Å². The summed E-state index contributed by atoms with van der Waals surface area (Å²) in [6.45, 7) is 2.59. The average Bonchev–Trinajstić information content (AvgIpc) is 2.29. The fraction of sp³-hybridized carbons (Fsp3) is 0.462. The van der Waals surface area contributed by atoms with Crippen LogP contribution in [0.4, 0.5) is 5.69 Å². The maximum absolute atomic E-state index is 11.2. The number of ether oxygens (including phenoxy) is 1. The van der Waals surface area contributed by atoms with Crippen LogP contribution < -0.4 is 15.8 Å². The van der Waals surface area contributed by atoms with Crippen molar-refractivity contribution in [2.24, 2.45) is 5.73 Å². The molecule has 92 valence electrons. The molecule has 0 spiro atoms. The number of hydrogen-bond donors (Lipinski definition) is 2. The van der Waals surface area contributed by atoms with Gasteiger partial charge in [0.1, 0.15) is 5.75 Å². The van der Waals surface area contributed by atoms with Crippen molar-refractivity contribution in [1.29, 1.82) is 0 Å². The number of hydrogen-bond acceptors (Lipinski definition) is 3. The van der Waals surface area contributed by atoms with E-state index in [9.17, 15) is 4.79 Å². The van der Waals surface area contributed by atoms with Gasteiger partial charge in [-0.1, -0.05) is 0 Å². The van der Waals surface area contributed by atoms with Gasteiger partial charge in [0.15, 0.2) is 0 Å². The van der Waals surface area contributed by atoms with Crippen molar-refractivity contribution in [3.8, 4) is 5.75 Å². The number of nitrogens with two attached hydrogens (primary N) is 1. The number of nitrogens with one attached hydrogen (secondary N) is 1. The summed E-state index contributed by atoms with van der Waals surface area (Å²) in [5.74, 6) is 0.934. The molecule has 17 heavy (non-hydrogen) atoms. The number of aryl methyl sites for hydroxylation is 1. The molecule has 1 aliphatic heterocycles. The van der Waals surface area contributed by atoms with Gasteiger partial charge in [-0.05, 0) is 43.5 Å². The lowest BCUT2D eigenvalue weighted by molar-refractivity contribution is -0.116. The molecule has 1 unspecified atom stereocenters. The molecule has 0 saturated carbocycles. The van der Waals surface area contributed by atoms with Crippen LogP contribution >= 0.6 is 0 Å². The van der Waals surface area contributed by atoms with E-state index in [4.69, 9.17) is 10.5 Å². The molecule has 1 atom stereocenters. The molecule has 0 fully saturated rings. The SMILES string of the molecule is CC(N)CCOc1ccc2c(c1)CCC(=O)N2. The second kappa shape index (κ2) is 5.19. The lowest BCUT2D eigenvalue weighted by Crippen LogP contribution is -2.19. The molecular formula is C13H18N2O2.